The minimum Gasteiger partial charge on any atom is -0.372 e. The Kier molecular flexibility index (Phi) is 10.6. The number of anilines is 1. The topological polar surface area (TPSA) is 84.2 Å². The Bertz CT molecular complexity index is 2060. The summed E-state index contributed by atoms with van der Waals surface area (Å²) in [5.74, 6) is -1.72. The molecule has 3 aromatic carbocycles. The standard InChI is InChI=1S/C38H37ClF2N6O2/c1-45-17-15-30(16-18-45)46(2)29-11-7-26(8-12-29)21-36-42-22-28-19-25(10-14-33(28)43-36)5-3-4-6-34(48)37-38(49)47(24-35(39)44-37)23-27-9-13-31(40)32(41)20-27/h3,5,7-14,19-20,22,24,30H,4,6,15-18,21,23H2,1-2H3/b5-3+. The van der Waals surface area contributed by atoms with E-state index in [0.29, 0.717) is 24.4 Å². The lowest BCUT2D eigenvalue weighted by molar-refractivity contribution is 0.0976. The summed E-state index contributed by atoms with van der Waals surface area (Å²) in [4.78, 5) is 44.0. The summed E-state index contributed by atoms with van der Waals surface area (Å²) in [6.45, 7) is 2.18. The first kappa shape index (κ1) is 34.1. The van der Waals surface area contributed by atoms with Gasteiger partial charge in [-0.2, -0.15) is 0 Å². The van der Waals surface area contributed by atoms with E-state index in [2.05, 4.69) is 58.1 Å². The Labute approximate surface area is 288 Å². The van der Waals surface area contributed by atoms with Gasteiger partial charge in [0.25, 0.3) is 5.56 Å². The molecule has 1 saturated heterocycles. The van der Waals surface area contributed by atoms with Crippen molar-refractivity contribution in [2.45, 2.75) is 44.7 Å². The fourth-order valence-electron chi connectivity index (χ4n) is 6.10. The Balaban J connectivity index is 1.04. The molecule has 0 N–H and O–H groups in total. The second-order valence-electron chi connectivity index (χ2n) is 12.6. The molecule has 0 spiro atoms. The van der Waals surface area contributed by atoms with Gasteiger partial charge in [-0.05, 0) is 92.5 Å². The summed E-state index contributed by atoms with van der Waals surface area (Å²) in [6.07, 6.45) is 10.3. The molecule has 5 aromatic rings. The molecule has 11 heteroatoms. The number of aromatic nitrogens is 4. The van der Waals surface area contributed by atoms with Crippen molar-refractivity contribution in [2.75, 3.05) is 32.1 Å². The van der Waals surface area contributed by atoms with Gasteiger partial charge in [-0.3, -0.25) is 9.59 Å². The molecule has 0 amide bonds. The maximum Gasteiger partial charge on any atom is 0.280 e. The maximum atomic E-state index is 13.6. The van der Waals surface area contributed by atoms with Crippen LogP contribution in [-0.4, -0.2) is 63.4 Å². The Morgan fingerprint density at radius 1 is 1.00 bits per heavy atom. The van der Waals surface area contributed by atoms with Gasteiger partial charge in [0.1, 0.15) is 11.0 Å². The van der Waals surface area contributed by atoms with E-state index in [1.165, 1.54) is 35.4 Å². The first-order valence-electron chi connectivity index (χ1n) is 16.3. The molecule has 1 fully saturated rings. The van der Waals surface area contributed by atoms with Crippen LogP contribution in [0.1, 0.15) is 58.7 Å². The van der Waals surface area contributed by atoms with Crippen molar-refractivity contribution in [2.24, 2.45) is 0 Å². The van der Waals surface area contributed by atoms with E-state index in [4.69, 9.17) is 16.6 Å². The quantitative estimate of drug-likeness (QED) is 0.139. The van der Waals surface area contributed by atoms with Gasteiger partial charge in [-0.15, -0.1) is 0 Å². The van der Waals surface area contributed by atoms with Gasteiger partial charge in [0.15, 0.2) is 23.1 Å². The summed E-state index contributed by atoms with van der Waals surface area (Å²) in [5.41, 5.74) is 3.56. The zero-order chi connectivity index (χ0) is 34.5. The highest BCUT2D eigenvalue weighted by Gasteiger charge is 2.21. The molecule has 2 aromatic heterocycles. The summed E-state index contributed by atoms with van der Waals surface area (Å²) < 4.78 is 28.1. The molecule has 1 aliphatic heterocycles. The first-order valence-corrected chi connectivity index (χ1v) is 16.7. The molecule has 0 bridgehead atoms. The van der Waals surface area contributed by atoms with E-state index >= 15 is 0 Å². The highest BCUT2D eigenvalue weighted by atomic mass is 35.5. The molecule has 8 nitrogen and oxygen atoms in total. The lowest BCUT2D eigenvalue weighted by Gasteiger charge is -2.36. The van der Waals surface area contributed by atoms with Crippen molar-refractivity contribution in [3.8, 4) is 0 Å². The molecule has 3 heterocycles. The van der Waals surface area contributed by atoms with Crippen LogP contribution in [0.2, 0.25) is 5.15 Å². The smallest absolute Gasteiger partial charge is 0.280 e. The van der Waals surface area contributed by atoms with Crippen LogP contribution in [0.4, 0.5) is 14.5 Å². The van der Waals surface area contributed by atoms with Crippen molar-refractivity contribution in [1.29, 1.82) is 0 Å². The second-order valence-corrected chi connectivity index (χ2v) is 12.9. The van der Waals surface area contributed by atoms with Gasteiger partial charge in [-0.25, -0.2) is 23.7 Å². The number of Topliss-reactive ketones (excluding diaryl/α,β-unsaturated/α-hetero) is 1. The molecule has 1 aliphatic rings. The van der Waals surface area contributed by atoms with Gasteiger partial charge >= 0.3 is 0 Å². The molecular weight excluding hydrogens is 646 g/mol. The van der Waals surface area contributed by atoms with Crippen LogP contribution in [-0.2, 0) is 13.0 Å². The van der Waals surface area contributed by atoms with E-state index in [-0.39, 0.29) is 23.8 Å². The monoisotopic (exact) mass is 682 g/mol. The molecular formula is C38H37ClF2N6O2. The molecule has 0 radical (unpaired) electrons. The number of halogens is 3. The molecule has 0 aliphatic carbocycles. The third kappa shape index (κ3) is 8.44. The Morgan fingerprint density at radius 2 is 1.76 bits per heavy atom. The predicted octanol–water partition coefficient (Wildman–Crippen LogP) is 6.96. The number of hydrogen-bond acceptors (Lipinski definition) is 7. The molecule has 0 saturated carbocycles. The van der Waals surface area contributed by atoms with E-state index in [9.17, 15) is 18.4 Å². The fraction of sp³-hybridized carbons (Fsp3) is 0.289. The number of carbonyl (C=O) groups is 1. The number of hydrogen-bond donors (Lipinski definition) is 0. The number of allylic oxidation sites excluding steroid dienone is 1. The van der Waals surface area contributed by atoms with Crippen molar-refractivity contribution in [3.63, 3.8) is 0 Å². The first-order chi connectivity index (χ1) is 23.6. The number of piperidine rings is 1. The fourth-order valence-corrected chi connectivity index (χ4v) is 6.30. The van der Waals surface area contributed by atoms with Crippen LogP contribution in [0.25, 0.3) is 17.0 Å². The zero-order valence-electron chi connectivity index (χ0n) is 27.5. The summed E-state index contributed by atoms with van der Waals surface area (Å²) in [7, 11) is 4.36. The third-order valence-electron chi connectivity index (χ3n) is 8.99. The van der Waals surface area contributed by atoms with Gasteiger partial charge in [0.05, 0.1) is 12.1 Å². The van der Waals surface area contributed by atoms with E-state index < -0.39 is 23.0 Å². The number of rotatable bonds is 11. The van der Waals surface area contributed by atoms with Gasteiger partial charge < -0.3 is 14.4 Å². The van der Waals surface area contributed by atoms with Crippen molar-refractivity contribution < 1.29 is 13.6 Å². The van der Waals surface area contributed by atoms with E-state index in [1.807, 2.05) is 36.5 Å². The van der Waals surface area contributed by atoms with Crippen LogP contribution in [0.3, 0.4) is 0 Å². The summed E-state index contributed by atoms with van der Waals surface area (Å²) >= 11 is 6.09. The number of nitrogens with zero attached hydrogens (tertiary/aromatic N) is 6. The van der Waals surface area contributed by atoms with Crippen molar-refractivity contribution in [1.82, 2.24) is 24.4 Å². The maximum absolute atomic E-state index is 13.6. The minimum absolute atomic E-state index is 0.0414. The average Bonchev–Trinajstić information content (AvgIpc) is 3.10. The Morgan fingerprint density at radius 3 is 2.51 bits per heavy atom. The highest BCUT2D eigenvalue weighted by Crippen LogP contribution is 2.23. The van der Waals surface area contributed by atoms with Crippen LogP contribution in [0.15, 0.2) is 83.9 Å². The lowest BCUT2D eigenvalue weighted by atomic mass is 10.0. The molecule has 0 atom stereocenters. The molecule has 6 rings (SSSR count). The van der Waals surface area contributed by atoms with E-state index in [0.717, 1.165) is 53.1 Å². The van der Waals surface area contributed by atoms with Crippen molar-refractivity contribution >= 4 is 40.1 Å². The number of carbonyl (C=O) groups excluding carboxylic acids is 1. The molecule has 252 valence electrons. The van der Waals surface area contributed by atoms with Crippen LogP contribution in [0, 0.1) is 11.6 Å². The normalized spacial score (nSPS) is 14.1. The average molecular weight is 683 g/mol. The van der Waals surface area contributed by atoms with Crippen molar-refractivity contribution in [3.05, 3.63) is 134 Å². The lowest BCUT2D eigenvalue weighted by Crippen LogP contribution is -2.41. The number of fused-ring (bicyclic) bond motifs is 1. The van der Waals surface area contributed by atoms with Gasteiger partial charge in [0.2, 0.25) is 0 Å². The Hall–Kier alpha value is -4.80. The highest BCUT2D eigenvalue weighted by molar-refractivity contribution is 6.29. The summed E-state index contributed by atoms with van der Waals surface area (Å²) in [5, 5.41) is 0.855. The predicted molar refractivity (Wildman–Crippen MR) is 189 cm³/mol. The minimum atomic E-state index is -1.03. The van der Waals surface area contributed by atoms with Gasteiger partial charge in [0, 0.05) is 49.4 Å². The van der Waals surface area contributed by atoms with Crippen LogP contribution in [0.5, 0.6) is 0 Å². The number of likely N-dealkylation sites (tertiary alicyclic amines) is 1. The number of ketones is 1. The van der Waals surface area contributed by atoms with Crippen LogP contribution >= 0.6 is 11.6 Å². The molecule has 0 unspecified atom stereocenters. The SMILES string of the molecule is CN1CCC(N(C)c2ccc(Cc3ncc4cc(/C=C/CCC(=O)c5nc(Cl)cn(Cc6ccc(F)c(F)c6)c5=O)ccc4n3)cc2)CC1. The molecule has 49 heavy (non-hydrogen) atoms. The van der Waals surface area contributed by atoms with Gasteiger partial charge in [-0.1, -0.05) is 48.0 Å². The number of benzene rings is 3. The van der Waals surface area contributed by atoms with E-state index in [1.54, 1.807) is 0 Å². The second kappa shape index (κ2) is 15.2. The van der Waals surface area contributed by atoms with Crippen LogP contribution < -0.4 is 10.5 Å². The largest absolute Gasteiger partial charge is 0.372 e. The summed E-state index contributed by atoms with van der Waals surface area (Å²) in [6, 6.07) is 18.5. The zero-order valence-corrected chi connectivity index (χ0v) is 28.2. The third-order valence-corrected chi connectivity index (χ3v) is 9.17.